The van der Waals surface area contributed by atoms with Crippen LogP contribution in [0.5, 0.6) is 0 Å². The highest BCUT2D eigenvalue weighted by Crippen LogP contribution is 2.43. The summed E-state index contributed by atoms with van der Waals surface area (Å²) in [5.41, 5.74) is 1.66. The first-order valence-corrected chi connectivity index (χ1v) is 9.60. The SMILES string of the molecule is COCCC1(C(=O)OC)CCN(c2nc(Cl)nc3c2CCCC3(C)C)C1. The van der Waals surface area contributed by atoms with E-state index in [2.05, 4.69) is 28.7 Å². The summed E-state index contributed by atoms with van der Waals surface area (Å²) in [5, 5.41) is 0.279. The molecule has 1 saturated heterocycles. The Hall–Kier alpha value is -1.40. The van der Waals surface area contributed by atoms with Crippen molar-refractivity contribution >= 4 is 23.4 Å². The average molecular weight is 382 g/mol. The van der Waals surface area contributed by atoms with Gasteiger partial charge in [0.2, 0.25) is 5.28 Å². The molecule has 1 aromatic heterocycles. The number of halogens is 1. The number of fused-ring (bicyclic) bond motifs is 1. The molecule has 1 fully saturated rings. The molecule has 0 aromatic carbocycles. The first-order valence-electron chi connectivity index (χ1n) is 9.22. The minimum Gasteiger partial charge on any atom is -0.469 e. The van der Waals surface area contributed by atoms with Crippen LogP contribution in [-0.2, 0) is 26.1 Å². The molecule has 2 aliphatic rings. The molecule has 3 rings (SSSR count). The zero-order valence-corrected chi connectivity index (χ0v) is 16.9. The van der Waals surface area contributed by atoms with Gasteiger partial charge in [0.05, 0.1) is 18.2 Å². The highest BCUT2D eigenvalue weighted by atomic mass is 35.5. The Bertz CT molecular complexity index is 695. The van der Waals surface area contributed by atoms with Gasteiger partial charge in [-0.05, 0) is 43.7 Å². The lowest BCUT2D eigenvalue weighted by Gasteiger charge is -2.34. The number of nitrogens with zero attached hydrogens (tertiary/aromatic N) is 3. The average Bonchev–Trinajstić information content (AvgIpc) is 3.04. The molecule has 1 unspecified atom stereocenters. The van der Waals surface area contributed by atoms with E-state index in [0.29, 0.717) is 19.6 Å². The van der Waals surface area contributed by atoms with Crippen molar-refractivity contribution in [3.8, 4) is 0 Å². The van der Waals surface area contributed by atoms with Crippen LogP contribution in [0.1, 0.15) is 50.8 Å². The van der Waals surface area contributed by atoms with E-state index in [1.54, 1.807) is 7.11 Å². The number of hydrogen-bond donors (Lipinski definition) is 0. The summed E-state index contributed by atoms with van der Waals surface area (Å²) >= 11 is 6.27. The van der Waals surface area contributed by atoms with Gasteiger partial charge in [0.15, 0.2) is 0 Å². The fourth-order valence-corrected chi connectivity index (χ4v) is 4.53. The third-order valence-electron chi connectivity index (χ3n) is 5.88. The van der Waals surface area contributed by atoms with Gasteiger partial charge in [0.1, 0.15) is 5.82 Å². The number of ether oxygens (including phenoxy) is 2. The number of esters is 1. The lowest BCUT2D eigenvalue weighted by atomic mass is 9.76. The first kappa shape index (κ1) is 19.4. The van der Waals surface area contributed by atoms with Crippen molar-refractivity contribution < 1.29 is 14.3 Å². The standard InChI is InChI=1S/C19H28ClN3O3/c1-18(2)7-5-6-13-14(18)21-17(20)22-15(13)23-10-8-19(12-23,9-11-25-3)16(24)26-4/h5-12H2,1-4H3. The van der Waals surface area contributed by atoms with Gasteiger partial charge in [0, 0.05) is 37.8 Å². The molecule has 144 valence electrons. The molecule has 0 radical (unpaired) electrons. The lowest BCUT2D eigenvalue weighted by molar-refractivity contribution is -0.152. The summed E-state index contributed by atoms with van der Waals surface area (Å²) in [5.74, 6) is 0.711. The maximum Gasteiger partial charge on any atom is 0.313 e. The molecule has 6 nitrogen and oxygen atoms in total. The van der Waals surface area contributed by atoms with Gasteiger partial charge < -0.3 is 14.4 Å². The van der Waals surface area contributed by atoms with E-state index in [-0.39, 0.29) is 16.7 Å². The second-order valence-corrected chi connectivity index (χ2v) is 8.41. The molecule has 7 heteroatoms. The number of hydrogen-bond acceptors (Lipinski definition) is 6. The van der Waals surface area contributed by atoms with E-state index in [9.17, 15) is 4.79 Å². The minimum absolute atomic E-state index is 0.00980. The monoisotopic (exact) mass is 381 g/mol. The van der Waals surface area contributed by atoms with E-state index < -0.39 is 5.41 Å². The predicted molar refractivity (Wildman–Crippen MR) is 101 cm³/mol. The summed E-state index contributed by atoms with van der Waals surface area (Å²) in [4.78, 5) is 23.8. The number of anilines is 1. The minimum atomic E-state index is -0.556. The molecule has 26 heavy (non-hydrogen) atoms. The van der Waals surface area contributed by atoms with Crippen molar-refractivity contribution in [3.63, 3.8) is 0 Å². The highest BCUT2D eigenvalue weighted by molar-refractivity contribution is 6.28. The van der Waals surface area contributed by atoms with Gasteiger partial charge >= 0.3 is 5.97 Å². The fraction of sp³-hybridized carbons (Fsp3) is 0.737. The number of aromatic nitrogens is 2. The van der Waals surface area contributed by atoms with Gasteiger partial charge in [-0.3, -0.25) is 4.79 Å². The van der Waals surface area contributed by atoms with Crippen LogP contribution in [0.3, 0.4) is 0 Å². The van der Waals surface area contributed by atoms with Gasteiger partial charge in [-0.2, -0.15) is 0 Å². The van der Waals surface area contributed by atoms with Crippen LogP contribution in [0.2, 0.25) is 5.28 Å². The Balaban J connectivity index is 1.96. The van der Waals surface area contributed by atoms with Crippen LogP contribution >= 0.6 is 11.6 Å². The molecule has 1 atom stereocenters. The summed E-state index contributed by atoms with van der Waals surface area (Å²) < 4.78 is 10.3. The Morgan fingerprint density at radius 3 is 2.73 bits per heavy atom. The number of carbonyl (C=O) groups is 1. The van der Waals surface area contributed by atoms with Gasteiger partial charge in [-0.15, -0.1) is 0 Å². The van der Waals surface area contributed by atoms with Gasteiger partial charge in [-0.25, -0.2) is 9.97 Å². The van der Waals surface area contributed by atoms with Crippen molar-refractivity contribution in [2.75, 3.05) is 38.8 Å². The number of methoxy groups -OCH3 is 2. The molecule has 1 aliphatic heterocycles. The highest BCUT2D eigenvalue weighted by Gasteiger charge is 2.46. The Morgan fingerprint density at radius 2 is 2.04 bits per heavy atom. The molecule has 0 amide bonds. The molecule has 0 N–H and O–H groups in total. The Morgan fingerprint density at radius 1 is 1.27 bits per heavy atom. The van der Waals surface area contributed by atoms with Crippen LogP contribution in [0.25, 0.3) is 0 Å². The molecule has 1 aliphatic carbocycles. The van der Waals surface area contributed by atoms with Gasteiger partial charge in [-0.1, -0.05) is 13.8 Å². The molecule has 2 heterocycles. The third kappa shape index (κ3) is 3.41. The van der Waals surface area contributed by atoms with Crippen molar-refractivity contribution in [2.24, 2.45) is 5.41 Å². The third-order valence-corrected chi connectivity index (χ3v) is 6.05. The van der Waals surface area contributed by atoms with Crippen LogP contribution in [0.15, 0.2) is 0 Å². The molecular weight excluding hydrogens is 354 g/mol. The quantitative estimate of drug-likeness (QED) is 0.576. The number of carbonyl (C=O) groups excluding carboxylic acids is 1. The topological polar surface area (TPSA) is 64.6 Å². The predicted octanol–water partition coefficient (Wildman–Crippen LogP) is 3.15. The number of rotatable bonds is 5. The largest absolute Gasteiger partial charge is 0.469 e. The summed E-state index contributed by atoms with van der Waals surface area (Å²) in [7, 11) is 3.10. The summed E-state index contributed by atoms with van der Waals surface area (Å²) in [6.45, 7) is 6.26. The molecule has 0 saturated carbocycles. The van der Waals surface area contributed by atoms with Crippen LogP contribution in [-0.4, -0.2) is 49.9 Å². The first-order chi connectivity index (χ1) is 12.3. The normalized spacial score (nSPS) is 24.4. The summed E-state index contributed by atoms with van der Waals surface area (Å²) in [6, 6.07) is 0. The van der Waals surface area contributed by atoms with E-state index in [0.717, 1.165) is 43.7 Å². The maximum absolute atomic E-state index is 12.5. The van der Waals surface area contributed by atoms with Crippen LogP contribution < -0.4 is 4.90 Å². The zero-order valence-electron chi connectivity index (χ0n) is 16.1. The maximum atomic E-state index is 12.5. The summed E-state index contributed by atoms with van der Waals surface area (Å²) in [6.07, 6.45) is 4.51. The molecular formula is C19H28ClN3O3. The van der Waals surface area contributed by atoms with Crippen LogP contribution in [0.4, 0.5) is 5.82 Å². The Kier molecular flexibility index (Phi) is 5.45. The molecule has 1 aromatic rings. The Labute approximate surface area is 160 Å². The van der Waals surface area contributed by atoms with Crippen molar-refractivity contribution in [1.82, 2.24) is 9.97 Å². The smallest absolute Gasteiger partial charge is 0.313 e. The van der Waals surface area contributed by atoms with E-state index in [1.165, 1.54) is 12.7 Å². The second-order valence-electron chi connectivity index (χ2n) is 8.07. The molecule has 0 bridgehead atoms. The fourth-order valence-electron chi connectivity index (χ4n) is 4.36. The van der Waals surface area contributed by atoms with E-state index in [4.69, 9.17) is 21.1 Å². The van der Waals surface area contributed by atoms with Crippen molar-refractivity contribution in [3.05, 3.63) is 16.5 Å². The lowest BCUT2D eigenvalue weighted by Crippen LogP contribution is -2.38. The van der Waals surface area contributed by atoms with E-state index in [1.807, 2.05) is 0 Å². The van der Waals surface area contributed by atoms with E-state index >= 15 is 0 Å². The molecule has 0 spiro atoms. The van der Waals surface area contributed by atoms with Gasteiger partial charge in [0.25, 0.3) is 0 Å². The van der Waals surface area contributed by atoms with Crippen LogP contribution in [0, 0.1) is 5.41 Å². The van der Waals surface area contributed by atoms with Crippen molar-refractivity contribution in [2.45, 2.75) is 51.4 Å². The second kappa shape index (κ2) is 7.31. The zero-order chi connectivity index (χ0) is 18.9. The van der Waals surface area contributed by atoms with Crippen molar-refractivity contribution in [1.29, 1.82) is 0 Å².